The molecule has 0 fully saturated rings. The Balaban J connectivity index is 1.02. The standard InChI is InChI=1S/C48H29N3S/c49-30-31-27-35(32-21-23-37(24-22-32)51-45-14-6-3-11-42(45)43-12-4-7-15-46(43)51)29-36(28-31)39-26-25-38(40-9-1-2-10-41(39)40)33-17-19-34(20-18-33)48-50-44-13-5-8-16-47(44)52-48/h1-29H. The van der Waals surface area contributed by atoms with E-state index < -0.39 is 0 Å². The molecule has 0 atom stereocenters. The number of fused-ring (bicyclic) bond motifs is 5. The summed E-state index contributed by atoms with van der Waals surface area (Å²) in [6.07, 6.45) is 0. The molecule has 10 aromatic rings. The van der Waals surface area contributed by atoms with Gasteiger partial charge in [0.1, 0.15) is 5.01 Å². The van der Waals surface area contributed by atoms with Gasteiger partial charge in [-0.25, -0.2) is 4.98 Å². The lowest BCUT2D eigenvalue weighted by atomic mass is 9.90. The van der Waals surface area contributed by atoms with Crippen molar-refractivity contribution in [3.8, 4) is 55.7 Å². The third kappa shape index (κ3) is 4.99. The molecule has 0 bridgehead atoms. The molecule has 8 aromatic carbocycles. The van der Waals surface area contributed by atoms with Gasteiger partial charge in [-0.3, -0.25) is 0 Å². The molecule has 2 heterocycles. The van der Waals surface area contributed by atoms with Crippen molar-refractivity contribution < 1.29 is 0 Å². The zero-order valence-electron chi connectivity index (χ0n) is 28.0. The molecule has 3 nitrogen and oxygen atoms in total. The number of aromatic nitrogens is 2. The van der Waals surface area contributed by atoms with Gasteiger partial charge in [0.25, 0.3) is 0 Å². The quantitative estimate of drug-likeness (QED) is 0.182. The number of rotatable bonds is 5. The Bertz CT molecular complexity index is 2930. The average Bonchev–Trinajstić information content (AvgIpc) is 3.80. The Morgan fingerprint density at radius 3 is 1.65 bits per heavy atom. The lowest BCUT2D eigenvalue weighted by Crippen LogP contribution is -1.94. The summed E-state index contributed by atoms with van der Waals surface area (Å²) in [5.74, 6) is 0. The Labute approximate surface area is 304 Å². The first-order chi connectivity index (χ1) is 25.7. The summed E-state index contributed by atoms with van der Waals surface area (Å²) >= 11 is 1.72. The molecular weight excluding hydrogens is 651 g/mol. The summed E-state index contributed by atoms with van der Waals surface area (Å²) in [5, 5.41) is 16.0. The van der Waals surface area contributed by atoms with Gasteiger partial charge >= 0.3 is 0 Å². The van der Waals surface area contributed by atoms with Gasteiger partial charge < -0.3 is 4.57 Å². The SMILES string of the molecule is N#Cc1cc(-c2ccc(-n3c4ccccc4c4ccccc43)cc2)cc(-c2ccc(-c3ccc(-c4nc5ccccc5s4)cc3)c3ccccc23)c1. The smallest absolute Gasteiger partial charge is 0.124 e. The van der Waals surface area contributed by atoms with Crippen molar-refractivity contribution in [2.45, 2.75) is 0 Å². The van der Waals surface area contributed by atoms with Gasteiger partial charge in [-0.05, 0) is 98.8 Å². The van der Waals surface area contributed by atoms with Gasteiger partial charge in [-0.1, -0.05) is 121 Å². The van der Waals surface area contributed by atoms with Crippen LogP contribution in [0.25, 0.3) is 92.4 Å². The van der Waals surface area contributed by atoms with Crippen molar-refractivity contribution in [2.24, 2.45) is 0 Å². The van der Waals surface area contributed by atoms with Crippen molar-refractivity contribution >= 4 is 54.1 Å². The maximum atomic E-state index is 10.1. The van der Waals surface area contributed by atoms with E-state index in [4.69, 9.17) is 4.98 Å². The molecule has 0 saturated carbocycles. The van der Waals surface area contributed by atoms with Crippen LogP contribution in [-0.4, -0.2) is 9.55 Å². The number of para-hydroxylation sites is 3. The first kappa shape index (κ1) is 30.1. The van der Waals surface area contributed by atoms with Crippen LogP contribution in [0, 0.1) is 11.3 Å². The van der Waals surface area contributed by atoms with Crippen LogP contribution in [0.15, 0.2) is 176 Å². The normalized spacial score (nSPS) is 11.4. The summed E-state index contributed by atoms with van der Waals surface area (Å²) < 4.78 is 3.52. The highest BCUT2D eigenvalue weighted by Crippen LogP contribution is 2.39. The zero-order valence-corrected chi connectivity index (χ0v) is 28.8. The first-order valence-electron chi connectivity index (χ1n) is 17.3. The van der Waals surface area contributed by atoms with Gasteiger partial charge in [-0.15, -0.1) is 11.3 Å². The third-order valence-corrected chi connectivity index (χ3v) is 11.2. The van der Waals surface area contributed by atoms with E-state index in [1.165, 1.54) is 37.5 Å². The molecule has 0 aliphatic carbocycles. The van der Waals surface area contributed by atoms with E-state index in [1.807, 2.05) is 18.2 Å². The highest BCUT2D eigenvalue weighted by molar-refractivity contribution is 7.21. The van der Waals surface area contributed by atoms with Crippen LogP contribution >= 0.6 is 11.3 Å². The number of hydrogen-bond acceptors (Lipinski definition) is 3. The molecule has 10 rings (SSSR count). The van der Waals surface area contributed by atoms with E-state index in [1.54, 1.807) is 11.3 Å². The Kier molecular flexibility index (Phi) is 7.06. The van der Waals surface area contributed by atoms with Crippen LogP contribution in [0.4, 0.5) is 0 Å². The monoisotopic (exact) mass is 679 g/mol. The molecule has 242 valence electrons. The minimum absolute atomic E-state index is 0.637. The molecule has 2 aromatic heterocycles. The van der Waals surface area contributed by atoms with E-state index in [2.05, 4.69) is 168 Å². The fourth-order valence-corrected chi connectivity index (χ4v) is 8.58. The number of nitrogens with zero attached hydrogens (tertiary/aromatic N) is 3. The van der Waals surface area contributed by atoms with Crippen LogP contribution in [0.1, 0.15) is 5.56 Å². The summed E-state index contributed by atoms with van der Waals surface area (Å²) in [6, 6.07) is 64.4. The molecule has 0 aliphatic heterocycles. The van der Waals surface area contributed by atoms with Crippen molar-refractivity contribution in [3.63, 3.8) is 0 Å². The molecule has 0 unspecified atom stereocenters. The molecule has 52 heavy (non-hydrogen) atoms. The highest BCUT2D eigenvalue weighted by atomic mass is 32.1. The van der Waals surface area contributed by atoms with Crippen LogP contribution in [0.2, 0.25) is 0 Å². The van der Waals surface area contributed by atoms with Crippen molar-refractivity contribution in [1.29, 1.82) is 5.26 Å². The number of benzene rings is 8. The first-order valence-corrected chi connectivity index (χ1v) is 18.2. The van der Waals surface area contributed by atoms with Crippen LogP contribution in [-0.2, 0) is 0 Å². The molecule has 0 radical (unpaired) electrons. The largest absolute Gasteiger partial charge is 0.309 e. The minimum atomic E-state index is 0.637. The predicted molar refractivity (Wildman–Crippen MR) is 218 cm³/mol. The molecule has 0 amide bonds. The molecule has 4 heteroatoms. The maximum absolute atomic E-state index is 10.1. The number of nitriles is 1. The zero-order chi connectivity index (χ0) is 34.6. The molecule has 0 aliphatic rings. The number of thiazole rings is 1. The van der Waals surface area contributed by atoms with Gasteiger partial charge in [0, 0.05) is 22.0 Å². The van der Waals surface area contributed by atoms with E-state index in [9.17, 15) is 5.26 Å². The van der Waals surface area contributed by atoms with Gasteiger partial charge in [0.15, 0.2) is 0 Å². The summed E-state index contributed by atoms with van der Waals surface area (Å²) in [4.78, 5) is 4.86. The third-order valence-electron chi connectivity index (χ3n) is 10.1. The van der Waals surface area contributed by atoms with Crippen LogP contribution in [0.3, 0.4) is 0 Å². The minimum Gasteiger partial charge on any atom is -0.309 e. The van der Waals surface area contributed by atoms with Crippen LogP contribution in [0.5, 0.6) is 0 Å². The highest BCUT2D eigenvalue weighted by Gasteiger charge is 2.15. The van der Waals surface area contributed by atoms with Crippen molar-refractivity contribution in [1.82, 2.24) is 9.55 Å². The van der Waals surface area contributed by atoms with Crippen molar-refractivity contribution in [2.75, 3.05) is 0 Å². The Morgan fingerprint density at radius 1 is 0.462 bits per heavy atom. The predicted octanol–water partition coefficient (Wildman–Crippen LogP) is 13.1. The van der Waals surface area contributed by atoms with Gasteiger partial charge in [0.05, 0.1) is 32.9 Å². The summed E-state index contributed by atoms with van der Waals surface area (Å²) in [6.45, 7) is 0. The molecule has 0 saturated heterocycles. The second-order valence-corrected chi connectivity index (χ2v) is 14.1. The fraction of sp³-hybridized carbons (Fsp3) is 0. The fourth-order valence-electron chi connectivity index (χ4n) is 7.61. The summed E-state index contributed by atoms with van der Waals surface area (Å²) in [7, 11) is 0. The summed E-state index contributed by atoms with van der Waals surface area (Å²) in [5.41, 5.74) is 12.8. The lowest BCUT2D eigenvalue weighted by molar-refractivity contribution is 1.18. The molecule has 0 spiro atoms. The Morgan fingerprint density at radius 2 is 1.00 bits per heavy atom. The number of hydrogen-bond donors (Lipinski definition) is 0. The van der Waals surface area contributed by atoms with E-state index in [0.29, 0.717) is 5.56 Å². The van der Waals surface area contributed by atoms with Gasteiger partial charge in [0.2, 0.25) is 0 Å². The van der Waals surface area contributed by atoms with E-state index in [-0.39, 0.29) is 0 Å². The van der Waals surface area contributed by atoms with Crippen LogP contribution < -0.4 is 0 Å². The average molecular weight is 680 g/mol. The van der Waals surface area contributed by atoms with E-state index in [0.717, 1.165) is 55.0 Å². The second-order valence-electron chi connectivity index (χ2n) is 13.1. The second kappa shape index (κ2) is 12.2. The lowest BCUT2D eigenvalue weighted by Gasteiger charge is -2.14. The van der Waals surface area contributed by atoms with Gasteiger partial charge in [-0.2, -0.15) is 5.26 Å². The topological polar surface area (TPSA) is 41.6 Å². The van der Waals surface area contributed by atoms with Crippen molar-refractivity contribution in [3.05, 3.63) is 181 Å². The Hall–Kier alpha value is -6.80. The molecule has 0 N–H and O–H groups in total. The van der Waals surface area contributed by atoms with E-state index >= 15 is 0 Å². The molecular formula is C48H29N3S. The maximum Gasteiger partial charge on any atom is 0.124 e.